The van der Waals surface area contributed by atoms with Crippen LogP contribution in [0, 0.1) is 0 Å². The van der Waals surface area contributed by atoms with E-state index in [1.807, 2.05) is 24.5 Å². The summed E-state index contributed by atoms with van der Waals surface area (Å²) in [6.07, 6.45) is 7.76. The normalized spacial score (nSPS) is 10.4. The third-order valence-corrected chi connectivity index (χ3v) is 2.07. The summed E-state index contributed by atoms with van der Waals surface area (Å²) in [4.78, 5) is 7.89. The van der Waals surface area contributed by atoms with Gasteiger partial charge in [0.1, 0.15) is 12.1 Å². The molecule has 0 aliphatic carbocycles. The van der Waals surface area contributed by atoms with Crippen LogP contribution in [0.1, 0.15) is 11.3 Å². The molecule has 4 nitrogen and oxygen atoms in total. The van der Waals surface area contributed by atoms with Gasteiger partial charge in [-0.15, -0.1) is 0 Å². The van der Waals surface area contributed by atoms with Crippen LogP contribution in [0.15, 0.2) is 41.5 Å². The van der Waals surface area contributed by atoms with Crippen molar-refractivity contribution in [3.8, 4) is 0 Å². The number of aromatic nitrogens is 2. The largest absolute Gasteiger partial charge is 0.469 e. The number of nitrogens with one attached hydrogen (secondary N) is 1. The van der Waals surface area contributed by atoms with E-state index in [2.05, 4.69) is 15.3 Å². The fourth-order valence-corrected chi connectivity index (χ4v) is 1.32. The fraction of sp³-hybridized carbons (Fsp3) is 0.273. The van der Waals surface area contributed by atoms with Crippen LogP contribution in [0.5, 0.6) is 0 Å². The number of rotatable bonds is 5. The minimum absolute atomic E-state index is 0.793. The van der Waals surface area contributed by atoms with Crippen molar-refractivity contribution in [2.45, 2.75) is 13.0 Å². The van der Waals surface area contributed by atoms with Crippen LogP contribution in [0.4, 0.5) is 0 Å². The van der Waals surface area contributed by atoms with Crippen molar-refractivity contribution in [3.63, 3.8) is 0 Å². The summed E-state index contributed by atoms with van der Waals surface area (Å²) in [6.45, 7) is 1.68. The summed E-state index contributed by atoms with van der Waals surface area (Å²) in [7, 11) is 0. The van der Waals surface area contributed by atoms with Crippen LogP contribution in [0.3, 0.4) is 0 Å². The Bertz CT molecular complexity index is 372. The number of nitrogens with zero attached hydrogens (tertiary/aromatic N) is 2. The Hall–Kier alpha value is -1.68. The van der Waals surface area contributed by atoms with Crippen molar-refractivity contribution >= 4 is 0 Å². The first kappa shape index (κ1) is 9.86. The van der Waals surface area contributed by atoms with E-state index in [0.29, 0.717) is 0 Å². The lowest BCUT2D eigenvalue weighted by Crippen LogP contribution is -2.16. The van der Waals surface area contributed by atoms with Gasteiger partial charge in [-0.1, -0.05) is 0 Å². The molecule has 0 saturated heterocycles. The molecule has 0 radical (unpaired) electrons. The maximum absolute atomic E-state index is 5.22. The molecule has 78 valence electrons. The summed E-state index contributed by atoms with van der Waals surface area (Å²) in [5.41, 5.74) is 1.09. The van der Waals surface area contributed by atoms with Gasteiger partial charge < -0.3 is 9.73 Å². The third-order valence-electron chi connectivity index (χ3n) is 2.07. The highest BCUT2D eigenvalue weighted by atomic mass is 16.3. The second kappa shape index (κ2) is 5.26. The molecular weight excluding hydrogens is 190 g/mol. The lowest BCUT2D eigenvalue weighted by atomic mass is 10.3. The van der Waals surface area contributed by atoms with Crippen LogP contribution in [0.2, 0.25) is 0 Å². The van der Waals surface area contributed by atoms with Crippen LogP contribution in [0.25, 0.3) is 0 Å². The smallest absolute Gasteiger partial charge is 0.115 e. The summed E-state index contributed by atoms with van der Waals surface area (Å²) < 4.78 is 5.22. The molecule has 0 fully saturated rings. The summed E-state index contributed by atoms with van der Waals surface area (Å²) in [5.74, 6) is 1.01. The second-order valence-corrected chi connectivity index (χ2v) is 3.25. The minimum Gasteiger partial charge on any atom is -0.469 e. The number of hydrogen-bond acceptors (Lipinski definition) is 4. The maximum Gasteiger partial charge on any atom is 0.115 e. The fourth-order valence-electron chi connectivity index (χ4n) is 1.32. The molecule has 2 aromatic heterocycles. The number of hydrogen-bond donors (Lipinski definition) is 1. The van der Waals surface area contributed by atoms with Crippen molar-refractivity contribution in [2.24, 2.45) is 0 Å². The zero-order valence-electron chi connectivity index (χ0n) is 8.39. The van der Waals surface area contributed by atoms with Crippen LogP contribution >= 0.6 is 0 Å². The molecule has 4 heteroatoms. The highest BCUT2D eigenvalue weighted by Gasteiger charge is 1.95. The van der Waals surface area contributed by atoms with E-state index in [1.165, 1.54) is 6.33 Å². The van der Waals surface area contributed by atoms with Gasteiger partial charge in [0.05, 0.1) is 6.26 Å². The van der Waals surface area contributed by atoms with Crippen molar-refractivity contribution < 1.29 is 4.42 Å². The van der Waals surface area contributed by atoms with E-state index in [4.69, 9.17) is 4.42 Å². The molecule has 2 heterocycles. The zero-order chi connectivity index (χ0) is 10.3. The Balaban J connectivity index is 1.68. The molecule has 0 atom stereocenters. The van der Waals surface area contributed by atoms with Crippen molar-refractivity contribution in [1.82, 2.24) is 15.3 Å². The quantitative estimate of drug-likeness (QED) is 0.746. The first-order valence-corrected chi connectivity index (χ1v) is 4.92. The molecule has 15 heavy (non-hydrogen) atoms. The van der Waals surface area contributed by atoms with E-state index in [0.717, 1.165) is 30.8 Å². The Morgan fingerprint density at radius 3 is 2.87 bits per heavy atom. The molecule has 0 bridgehead atoms. The van der Waals surface area contributed by atoms with Gasteiger partial charge in [-0.05, 0) is 12.1 Å². The highest BCUT2D eigenvalue weighted by Crippen LogP contribution is 1.99. The molecule has 0 unspecified atom stereocenters. The van der Waals surface area contributed by atoms with E-state index >= 15 is 0 Å². The van der Waals surface area contributed by atoms with Crippen LogP contribution in [-0.4, -0.2) is 16.5 Å². The predicted molar refractivity (Wildman–Crippen MR) is 56.2 cm³/mol. The predicted octanol–water partition coefficient (Wildman–Crippen LogP) is 1.40. The molecule has 0 aromatic carbocycles. The van der Waals surface area contributed by atoms with E-state index in [1.54, 1.807) is 6.26 Å². The van der Waals surface area contributed by atoms with Gasteiger partial charge in [0.2, 0.25) is 0 Å². The Labute approximate surface area is 88.4 Å². The average molecular weight is 203 g/mol. The van der Waals surface area contributed by atoms with Gasteiger partial charge in [0, 0.05) is 37.5 Å². The van der Waals surface area contributed by atoms with Gasteiger partial charge in [-0.25, -0.2) is 9.97 Å². The van der Waals surface area contributed by atoms with Gasteiger partial charge in [0.15, 0.2) is 0 Å². The SMILES string of the molecule is c1coc(CCNCc2cncnc2)c1. The molecule has 0 saturated carbocycles. The Morgan fingerprint density at radius 2 is 2.13 bits per heavy atom. The van der Waals surface area contributed by atoms with Gasteiger partial charge in [0.25, 0.3) is 0 Å². The highest BCUT2D eigenvalue weighted by molar-refractivity contribution is 5.02. The summed E-state index contributed by atoms with van der Waals surface area (Å²) in [6, 6.07) is 3.88. The van der Waals surface area contributed by atoms with Crippen molar-refractivity contribution in [2.75, 3.05) is 6.54 Å². The van der Waals surface area contributed by atoms with E-state index < -0.39 is 0 Å². The summed E-state index contributed by atoms with van der Waals surface area (Å²) in [5, 5.41) is 3.30. The molecule has 0 amide bonds. The first-order valence-electron chi connectivity index (χ1n) is 4.92. The van der Waals surface area contributed by atoms with Crippen molar-refractivity contribution in [3.05, 3.63) is 48.4 Å². The van der Waals surface area contributed by atoms with Gasteiger partial charge in [-0.3, -0.25) is 0 Å². The average Bonchev–Trinajstić information content (AvgIpc) is 2.79. The molecule has 0 aliphatic heterocycles. The monoisotopic (exact) mass is 203 g/mol. The maximum atomic E-state index is 5.22. The standard InChI is InChI=1S/C11H13N3O/c1-2-11(15-5-1)3-4-12-6-10-7-13-9-14-8-10/h1-2,5,7-9,12H,3-4,6H2. The second-order valence-electron chi connectivity index (χ2n) is 3.25. The molecule has 1 N–H and O–H groups in total. The van der Waals surface area contributed by atoms with E-state index in [-0.39, 0.29) is 0 Å². The third kappa shape index (κ3) is 3.18. The first-order chi connectivity index (χ1) is 7.45. The Kier molecular flexibility index (Phi) is 3.46. The summed E-state index contributed by atoms with van der Waals surface area (Å²) >= 11 is 0. The molecule has 2 rings (SSSR count). The van der Waals surface area contributed by atoms with Gasteiger partial charge >= 0.3 is 0 Å². The molecule has 0 spiro atoms. The van der Waals surface area contributed by atoms with Gasteiger partial charge in [-0.2, -0.15) is 0 Å². The lowest BCUT2D eigenvalue weighted by molar-refractivity contribution is 0.498. The topological polar surface area (TPSA) is 51.0 Å². The minimum atomic E-state index is 0.793. The van der Waals surface area contributed by atoms with Crippen LogP contribution in [-0.2, 0) is 13.0 Å². The molecule has 0 aliphatic rings. The molecular formula is C11H13N3O. The zero-order valence-corrected chi connectivity index (χ0v) is 8.39. The van der Waals surface area contributed by atoms with E-state index in [9.17, 15) is 0 Å². The number of furan rings is 1. The Morgan fingerprint density at radius 1 is 1.27 bits per heavy atom. The van der Waals surface area contributed by atoms with Crippen molar-refractivity contribution in [1.29, 1.82) is 0 Å². The lowest BCUT2D eigenvalue weighted by Gasteiger charge is -2.02. The molecule has 2 aromatic rings. The van der Waals surface area contributed by atoms with Crippen LogP contribution < -0.4 is 5.32 Å².